The van der Waals surface area contributed by atoms with E-state index in [0.717, 1.165) is 0 Å². The van der Waals surface area contributed by atoms with E-state index in [1.807, 2.05) is 0 Å². The van der Waals surface area contributed by atoms with Crippen LogP contribution in [0.3, 0.4) is 0 Å². The number of aromatic nitrogens is 1. The molecule has 9 atom stereocenters. The number of nitrogens with one attached hydrogen (secondary N) is 11. The second kappa shape index (κ2) is 29.6. The maximum Gasteiger partial charge on any atom is 0.245 e. The maximum atomic E-state index is 13.9. The lowest BCUT2D eigenvalue weighted by molar-refractivity contribution is -0.137. The predicted molar refractivity (Wildman–Crippen MR) is 271 cm³/mol. The van der Waals surface area contributed by atoms with Gasteiger partial charge in [0, 0.05) is 36.4 Å². The lowest BCUT2D eigenvalue weighted by Gasteiger charge is -2.28. The van der Waals surface area contributed by atoms with Crippen LogP contribution in [0.15, 0.2) is 60.8 Å². The van der Waals surface area contributed by atoms with Crippen LogP contribution in [-0.4, -0.2) is 172 Å². The van der Waals surface area contributed by atoms with Gasteiger partial charge in [0.25, 0.3) is 0 Å². The number of primary amides is 2. The Labute approximate surface area is 441 Å². The van der Waals surface area contributed by atoms with E-state index < -0.39 is 152 Å². The number of carbonyl (C=O) groups excluding carboxylic acids is 12. The summed E-state index contributed by atoms with van der Waals surface area (Å²) in [7, 11) is 0. The lowest BCUT2D eigenvalue weighted by Crippen LogP contribution is -2.62. The van der Waals surface area contributed by atoms with Crippen molar-refractivity contribution in [2.24, 2.45) is 17.4 Å². The summed E-state index contributed by atoms with van der Waals surface area (Å²) in [5, 5.41) is 55.4. The number of carbonyl (C=O) groups is 12. The third-order valence-corrected chi connectivity index (χ3v) is 11.9. The molecule has 1 aliphatic rings. The number of nitrogens with two attached hydrogens (primary N) is 2. The number of rotatable bonds is 30. The molecule has 0 radical (unpaired) electrons. The van der Waals surface area contributed by atoms with Crippen molar-refractivity contribution in [3.63, 3.8) is 0 Å². The van der Waals surface area contributed by atoms with E-state index >= 15 is 0 Å². The second-order valence-corrected chi connectivity index (χ2v) is 18.6. The summed E-state index contributed by atoms with van der Waals surface area (Å²) in [6, 6.07) is 3.44. The monoisotopic (exact) mass is 1080 g/mol. The van der Waals surface area contributed by atoms with E-state index in [4.69, 9.17) is 11.5 Å². The molecule has 0 bridgehead atoms. The largest absolute Gasteiger partial charge is 0.394 e. The van der Waals surface area contributed by atoms with Crippen LogP contribution in [0.5, 0.6) is 0 Å². The zero-order valence-corrected chi connectivity index (χ0v) is 42.5. The summed E-state index contributed by atoms with van der Waals surface area (Å²) >= 11 is 0. The standard InChI is InChI=1S/C49H67N13O15/c1-24(2)15-32(58-45(73)30-13-14-38(67)55-30)47(75)62-41(25(3)65)49(77)59-33(16-26-9-5-4-6-10-26)46(74)61-36(23-64)48(76)60-35(22-63)44(72)54-21-40(69)57-34(17-27-19-52-29-12-8-7-11-28(27)29)43(71)53-20-39(68)56-31(42(51)70)18-37(50)66/h4-12,19,24-25,30-36,41,52,63-65H,13-18,20-23H2,1-3H3,(H2,50,66)(H2,51,70)(H,53,71)(H,54,72)(H,55,67)(H,56,68)(H,57,69)(H,58,73)(H,59,77)(H,60,76)(H,61,74)(H,62,75)/t25-,30+,31+,32+,33+,34+,35+,36+,41+/m1/s1. The first kappa shape index (κ1) is 61.1. The summed E-state index contributed by atoms with van der Waals surface area (Å²) in [6.07, 6.45) is -0.515. The van der Waals surface area contributed by atoms with E-state index in [9.17, 15) is 72.9 Å². The molecule has 2 aromatic carbocycles. The first-order valence-corrected chi connectivity index (χ1v) is 24.5. The highest BCUT2D eigenvalue weighted by atomic mass is 16.3. The number of H-pyrrole nitrogens is 1. The zero-order valence-electron chi connectivity index (χ0n) is 42.5. The number of aliphatic hydroxyl groups excluding tert-OH is 3. The molecule has 1 saturated heterocycles. The molecule has 0 saturated carbocycles. The van der Waals surface area contributed by atoms with Crippen molar-refractivity contribution in [1.82, 2.24) is 58.2 Å². The van der Waals surface area contributed by atoms with Crippen LogP contribution in [0.1, 0.15) is 57.6 Å². The van der Waals surface area contributed by atoms with E-state index in [-0.39, 0.29) is 43.9 Å². The first-order chi connectivity index (χ1) is 36.5. The molecule has 1 aromatic heterocycles. The number of aliphatic hydroxyl groups is 3. The zero-order chi connectivity index (χ0) is 56.9. The summed E-state index contributed by atoms with van der Waals surface area (Å²) < 4.78 is 0. The molecule has 0 spiro atoms. The molecule has 0 unspecified atom stereocenters. The van der Waals surface area contributed by atoms with Crippen molar-refractivity contribution in [2.75, 3.05) is 26.3 Å². The molecule has 4 rings (SSSR count). The molecule has 418 valence electrons. The Morgan fingerprint density at radius 1 is 0.623 bits per heavy atom. The highest BCUT2D eigenvalue weighted by Crippen LogP contribution is 2.19. The quantitative estimate of drug-likeness (QED) is 0.0295. The van der Waals surface area contributed by atoms with Crippen LogP contribution in [0.2, 0.25) is 0 Å². The van der Waals surface area contributed by atoms with Gasteiger partial charge >= 0.3 is 0 Å². The van der Waals surface area contributed by atoms with Crippen LogP contribution in [0.4, 0.5) is 0 Å². The highest BCUT2D eigenvalue weighted by molar-refractivity contribution is 5.99. The number of amides is 12. The van der Waals surface area contributed by atoms with E-state index in [0.29, 0.717) is 22.0 Å². The summed E-state index contributed by atoms with van der Waals surface area (Å²) in [5.41, 5.74) is 12.1. The third kappa shape index (κ3) is 19.3. The third-order valence-electron chi connectivity index (χ3n) is 11.9. The maximum absolute atomic E-state index is 13.9. The normalized spacial score (nSPS) is 16.1. The van der Waals surface area contributed by atoms with Crippen LogP contribution in [0.25, 0.3) is 10.9 Å². The molecular weight excluding hydrogens is 1010 g/mol. The number of fused-ring (bicyclic) bond motifs is 1. The van der Waals surface area contributed by atoms with Crippen LogP contribution >= 0.6 is 0 Å². The van der Waals surface area contributed by atoms with Gasteiger partial charge in [0.2, 0.25) is 70.9 Å². The lowest BCUT2D eigenvalue weighted by atomic mass is 10.0. The van der Waals surface area contributed by atoms with Gasteiger partial charge in [0.1, 0.15) is 48.3 Å². The van der Waals surface area contributed by atoms with E-state index in [2.05, 4.69) is 58.2 Å². The molecule has 28 nitrogen and oxygen atoms in total. The predicted octanol–water partition coefficient (Wildman–Crippen LogP) is -6.37. The molecule has 0 aliphatic carbocycles. The van der Waals surface area contributed by atoms with Gasteiger partial charge in [-0.05, 0) is 42.9 Å². The van der Waals surface area contributed by atoms with Gasteiger partial charge in [-0.2, -0.15) is 0 Å². The minimum atomic E-state index is -1.82. The number of hydrogen-bond donors (Lipinski definition) is 16. The molecule has 12 amide bonds. The molecule has 1 aliphatic heterocycles. The van der Waals surface area contributed by atoms with Crippen molar-refractivity contribution in [3.8, 4) is 0 Å². The van der Waals surface area contributed by atoms with Crippen molar-refractivity contribution < 1.29 is 72.9 Å². The van der Waals surface area contributed by atoms with Gasteiger partial charge in [-0.15, -0.1) is 0 Å². The van der Waals surface area contributed by atoms with Crippen LogP contribution in [0, 0.1) is 5.92 Å². The molecule has 2 heterocycles. The van der Waals surface area contributed by atoms with Crippen molar-refractivity contribution >= 4 is 81.8 Å². The summed E-state index contributed by atoms with van der Waals surface area (Å²) in [5.74, 6) is -11.2. The molecule has 18 N–H and O–H groups in total. The minimum absolute atomic E-state index is 0.106. The van der Waals surface area contributed by atoms with E-state index in [1.165, 1.54) is 6.92 Å². The first-order valence-electron chi connectivity index (χ1n) is 24.5. The second-order valence-electron chi connectivity index (χ2n) is 18.6. The molecular formula is C49H67N13O15. The highest BCUT2D eigenvalue weighted by Gasteiger charge is 2.36. The Morgan fingerprint density at radius 3 is 1.71 bits per heavy atom. The van der Waals surface area contributed by atoms with Crippen molar-refractivity contribution in [1.29, 1.82) is 0 Å². The minimum Gasteiger partial charge on any atom is -0.394 e. The van der Waals surface area contributed by atoms with E-state index in [1.54, 1.807) is 74.6 Å². The number of benzene rings is 2. The fraction of sp³-hybridized carbons (Fsp3) is 0.469. The molecule has 3 aromatic rings. The fourth-order valence-electron chi connectivity index (χ4n) is 7.92. The average molecular weight is 1080 g/mol. The van der Waals surface area contributed by atoms with Gasteiger partial charge < -0.3 is 84.9 Å². The topological polar surface area (TPSA) is 454 Å². The Morgan fingerprint density at radius 2 is 1.16 bits per heavy atom. The van der Waals surface area contributed by atoms with Crippen LogP contribution in [-0.2, 0) is 70.4 Å². The average Bonchev–Trinajstić information content (AvgIpc) is 4.01. The fourth-order valence-corrected chi connectivity index (χ4v) is 7.92. The molecule has 28 heteroatoms. The van der Waals surface area contributed by atoms with Crippen molar-refractivity contribution in [3.05, 3.63) is 71.9 Å². The van der Waals surface area contributed by atoms with Gasteiger partial charge in [-0.1, -0.05) is 62.4 Å². The van der Waals surface area contributed by atoms with Crippen LogP contribution < -0.4 is 64.6 Å². The smallest absolute Gasteiger partial charge is 0.245 e. The Balaban J connectivity index is 1.41. The Kier molecular flexibility index (Phi) is 23.4. The number of aromatic amines is 1. The SMILES string of the molecule is CC(C)C[C@H](NC(=O)[C@@H]1CCC(=O)N1)C(=O)N[C@H](C(=O)N[C@@H](Cc1ccccc1)C(=O)N[C@@H](CO)C(=O)N[C@@H](CO)C(=O)NCC(=O)N[C@@H](Cc1c[nH]c2ccccc12)C(=O)NCC(=O)N[C@@H](CC(N)=O)C(N)=O)[C@@H](C)O. The Bertz CT molecular complexity index is 2630. The van der Waals surface area contributed by atoms with Gasteiger partial charge in [0.05, 0.1) is 38.8 Å². The molecule has 77 heavy (non-hydrogen) atoms. The summed E-state index contributed by atoms with van der Waals surface area (Å²) in [6.45, 7) is 1.06. The van der Waals surface area contributed by atoms with Crippen molar-refractivity contribution in [2.45, 2.75) is 114 Å². The Hall–Kier alpha value is -8.50. The molecule has 1 fully saturated rings. The number of para-hydroxylation sites is 1. The summed E-state index contributed by atoms with van der Waals surface area (Å²) in [4.78, 5) is 158. The van der Waals surface area contributed by atoms with Gasteiger partial charge in [-0.25, -0.2) is 0 Å². The van der Waals surface area contributed by atoms with Gasteiger partial charge in [-0.3, -0.25) is 57.5 Å². The van der Waals surface area contributed by atoms with Gasteiger partial charge in [0.15, 0.2) is 0 Å². The number of hydrogen-bond acceptors (Lipinski definition) is 15.